The lowest BCUT2D eigenvalue weighted by molar-refractivity contribution is -0.145. The Kier molecular flexibility index (Phi) is 2.68. The molecular weight excluding hydrogens is 198 g/mol. The van der Waals surface area contributed by atoms with Crippen LogP contribution in [0.4, 0.5) is 0 Å². The quantitative estimate of drug-likeness (QED) is 0.397. The second-order valence-corrected chi connectivity index (χ2v) is 3.76. The fourth-order valence-electron chi connectivity index (χ4n) is 1.95. The van der Waals surface area contributed by atoms with Crippen LogP contribution in [0.2, 0.25) is 0 Å². The fourth-order valence-corrected chi connectivity index (χ4v) is 1.95. The Labute approximate surface area is 87.0 Å². The molecule has 82 valence electrons. The molecule has 2 aliphatic rings. The van der Waals surface area contributed by atoms with E-state index in [0.717, 1.165) is 13.0 Å². The van der Waals surface area contributed by atoms with Crippen molar-refractivity contribution in [2.45, 2.75) is 18.9 Å². The van der Waals surface area contributed by atoms with E-state index >= 15 is 0 Å². The predicted molar refractivity (Wildman–Crippen MR) is 50.8 cm³/mol. The van der Waals surface area contributed by atoms with Crippen molar-refractivity contribution in [1.29, 1.82) is 0 Å². The molecule has 0 bridgehead atoms. The second kappa shape index (κ2) is 3.98. The second-order valence-electron chi connectivity index (χ2n) is 3.76. The number of carbonyl (C=O) groups is 3. The average molecular weight is 211 g/mol. The number of imide groups is 1. The van der Waals surface area contributed by atoms with Crippen LogP contribution in [0.1, 0.15) is 12.8 Å². The van der Waals surface area contributed by atoms with E-state index in [2.05, 4.69) is 10.6 Å². The SMILES string of the molecule is O=C1CC(=O)N(C2CCNC2)C(=O)CN1. The van der Waals surface area contributed by atoms with Crippen molar-refractivity contribution in [3.05, 3.63) is 0 Å². The minimum atomic E-state index is -0.385. The molecule has 0 aromatic rings. The van der Waals surface area contributed by atoms with Crippen molar-refractivity contribution in [1.82, 2.24) is 15.5 Å². The zero-order valence-corrected chi connectivity index (χ0v) is 8.28. The minimum Gasteiger partial charge on any atom is -0.347 e. The van der Waals surface area contributed by atoms with Gasteiger partial charge in [0.2, 0.25) is 17.7 Å². The summed E-state index contributed by atoms with van der Waals surface area (Å²) in [6.45, 7) is 1.37. The summed E-state index contributed by atoms with van der Waals surface area (Å²) in [5, 5.41) is 5.50. The number of nitrogens with zero attached hydrogens (tertiary/aromatic N) is 1. The number of amides is 3. The zero-order valence-electron chi connectivity index (χ0n) is 8.28. The van der Waals surface area contributed by atoms with Crippen LogP contribution in [0, 0.1) is 0 Å². The summed E-state index contributed by atoms with van der Waals surface area (Å²) in [6.07, 6.45) is 0.550. The maximum Gasteiger partial charge on any atom is 0.248 e. The third-order valence-electron chi connectivity index (χ3n) is 2.69. The van der Waals surface area contributed by atoms with Gasteiger partial charge in [-0.2, -0.15) is 0 Å². The Morgan fingerprint density at radius 2 is 2.00 bits per heavy atom. The molecule has 2 saturated heterocycles. The Morgan fingerprint density at radius 1 is 1.20 bits per heavy atom. The van der Waals surface area contributed by atoms with Gasteiger partial charge in [0.1, 0.15) is 6.42 Å². The molecule has 0 radical (unpaired) electrons. The fraction of sp³-hybridized carbons (Fsp3) is 0.667. The molecule has 0 aromatic carbocycles. The maximum absolute atomic E-state index is 11.6. The van der Waals surface area contributed by atoms with Crippen LogP contribution in [0.5, 0.6) is 0 Å². The van der Waals surface area contributed by atoms with Gasteiger partial charge in [-0.3, -0.25) is 19.3 Å². The van der Waals surface area contributed by atoms with Crippen LogP contribution < -0.4 is 10.6 Å². The lowest BCUT2D eigenvalue weighted by Gasteiger charge is -2.24. The van der Waals surface area contributed by atoms with Crippen LogP contribution >= 0.6 is 0 Å². The number of carbonyl (C=O) groups excluding carboxylic acids is 3. The minimum absolute atomic E-state index is 0.0684. The summed E-state index contributed by atoms with van der Waals surface area (Å²) in [7, 11) is 0. The van der Waals surface area contributed by atoms with Gasteiger partial charge >= 0.3 is 0 Å². The molecule has 0 aromatic heterocycles. The average Bonchev–Trinajstić information content (AvgIpc) is 2.64. The molecular formula is C9H13N3O3. The molecule has 2 heterocycles. The molecule has 1 unspecified atom stereocenters. The topological polar surface area (TPSA) is 78.5 Å². The molecule has 0 saturated carbocycles. The van der Waals surface area contributed by atoms with Crippen LogP contribution in [0.15, 0.2) is 0 Å². The van der Waals surface area contributed by atoms with E-state index in [1.807, 2.05) is 0 Å². The third-order valence-corrected chi connectivity index (χ3v) is 2.69. The van der Waals surface area contributed by atoms with Crippen molar-refractivity contribution in [2.75, 3.05) is 19.6 Å². The van der Waals surface area contributed by atoms with E-state index in [9.17, 15) is 14.4 Å². The number of rotatable bonds is 1. The van der Waals surface area contributed by atoms with E-state index in [1.54, 1.807) is 0 Å². The van der Waals surface area contributed by atoms with Gasteiger partial charge in [-0.25, -0.2) is 0 Å². The van der Waals surface area contributed by atoms with Gasteiger partial charge in [0, 0.05) is 6.54 Å². The van der Waals surface area contributed by atoms with Crippen LogP contribution in [-0.4, -0.2) is 48.3 Å². The Bertz CT molecular complexity index is 310. The van der Waals surface area contributed by atoms with Gasteiger partial charge in [0.15, 0.2) is 0 Å². The lowest BCUT2D eigenvalue weighted by atomic mass is 10.2. The summed E-state index contributed by atoms with van der Waals surface area (Å²) >= 11 is 0. The number of hydrogen-bond acceptors (Lipinski definition) is 4. The highest BCUT2D eigenvalue weighted by atomic mass is 16.2. The first-order valence-corrected chi connectivity index (χ1v) is 5.01. The third kappa shape index (κ3) is 1.99. The van der Waals surface area contributed by atoms with Gasteiger partial charge in [0.05, 0.1) is 12.6 Å². The van der Waals surface area contributed by atoms with Gasteiger partial charge in [0.25, 0.3) is 0 Å². The maximum atomic E-state index is 11.6. The molecule has 2 fully saturated rings. The highest BCUT2D eigenvalue weighted by molar-refractivity contribution is 6.08. The van der Waals surface area contributed by atoms with Crippen molar-refractivity contribution < 1.29 is 14.4 Å². The molecule has 2 N–H and O–H groups in total. The first-order valence-electron chi connectivity index (χ1n) is 5.01. The first-order chi connectivity index (χ1) is 7.18. The van der Waals surface area contributed by atoms with Gasteiger partial charge in [-0.05, 0) is 13.0 Å². The summed E-state index contributed by atoms with van der Waals surface area (Å²) in [4.78, 5) is 35.6. The van der Waals surface area contributed by atoms with E-state index in [-0.39, 0.29) is 36.7 Å². The summed E-state index contributed by atoms with van der Waals surface area (Å²) in [6, 6.07) is -0.0855. The van der Waals surface area contributed by atoms with Gasteiger partial charge < -0.3 is 10.6 Å². The summed E-state index contributed by atoms with van der Waals surface area (Å²) < 4.78 is 0. The first kappa shape index (κ1) is 10.1. The van der Waals surface area contributed by atoms with Crippen molar-refractivity contribution >= 4 is 17.7 Å². The molecule has 3 amide bonds. The van der Waals surface area contributed by atoms with Gasteiger partial charge in [-0.1, -0.05) is 0 Å². The number of nitrogens with one attached hydrogen (secondary N) is 2. The molecule has 6 heteroatoms. The molecule has 15 heavy (non-hydrogen) atoms. The Hall–Kier alpha value is -1.43. The molecule has 0 spiro atoms. The summed E-state index contributed by atoms with van der Waals surface area (Å²) in [5.74, 6) is -1.06. The molecule has 2 rings (SSSR count). The smallest absolute Gasteiger partial charge is 0.248 e. The van der Waals surface area contributed by atoms with Crippen LogP contribution in [0.25, 0.3) is 0 Å². The van der Waals surface area contributed by atoms with Crippen molar-refractivity contribution in [3.63, 3.8) is 0 Å². The number of hydrogen-bond donors (Lipinski definition) is 2. The van der Waals surface area contributed by atoms with E-state index in [1.165, 1.54) is 4.90 Å². The van der Waals surface area contributed by atoms with Gasteiger partial charge in [-0.15, -0.1) is 0 Å². The predicted octanol–water partition coefficient (Wildman–Crippen LogP) is -1.78. The van der Waals surface area contributed by atoms with Crippen LogP contribution in [0.3, 0.4) is 0 Å². The van der Waals surface area contributed by atoms with Crippen LogP contribution in [-0.2, 0) is 14.4 Å². The normalized spacial score (nSPS) is 27.9. The summed E-state index contributed by atoms with van der Waals surface area (Å²) in [5.41, 5.74) is 0. The van der Waals surface area contributed by atoms with Crippen molar-refractivity contribution in [2.24, 2.45) is 0 Å². The molecule has 6 nitrogen and oxygen atoms in total. The Balaban J connectivity index is 2.15. The van der Waals surface area contributed by atoms with Crippen molar-refractivity contribution in [3.8, 4) is 0 Å². The monoisotopic (exact) mass is 211 g/mol. The van der Waals surface area contributed by atoms with E-state index in [4.69, 9.17) is 0 Å². The molecule has 0 aliphatic carbocycles. The zero-order chi connectivity index (χ0) is 10.8. The largest absolute Gasteiger partial charge is 0.347 e. The Morgan fingerprint density at radius 3 is 2.67 bits per heavy atom. The van der Waals surface area contributed by atoms with E-state index < -0.39 is 0 Å². The highest BCUT2D eigenvalue weighted by Gasteiger charge is 2.34. The van der Waals surface area contributed by atoms with E-state index in [0.29, 0.717) is 6.54 Å². The lowest BCUT2D eigenvalue weighted by Crippen LogP contribution is -2.46. The molecule has 2 aliphatic heterocycles. The highest BCUT2D eigenvalue weighted by Crippen LogP contribution is 2.12. The molecule has 1 atom stereocenters. The standard InChI is InChI=1S/C9H13N3O3/c13-7-3-8(14)12(9(15)5-11-7)6-1-2-10-4-6/h6,10H,1-5H2,(H,11,13).